The van der Waals surface area contributed by atoms with E-state index in [1.807, 2.05) is 41.5 Å². The maximum atomic E-state index is 11.0. The monoisotopic (exact) mass is 303 g/mol. The van der Waals surface area contributed by atoms with E-state index in [-0.39, 0.29) is 35.6 Å². The number of aliphatic carboxylic acids is 1. The highest BCUT2D eigenvalue weighted by molar-refractivity contribution is 5.81. The van der Waals surface area contributed by atoms with Gasteiger partial charge in [0.1, 0.15) is 0 Å². The summed E-state index contributed by atoms with van der Waals surface area (Å²) in [6, 6.07) is 0. The van der Waals surface area contributed by atoms with Gasteiger partial charge in [0, 0.05) is 18.4 Å². The number of carboxylic acids is 1. The van der Waals surface area contributed by atoms with Gasteiger partial charge >= 0.3 is 5.97 Å². The number of carbonyl (C=O) groups excluding carboxylic acids is 2. The zero-order chi connectivity index (χ0) is 17.3. The third kappa shape index (κ3) is 20.8. The average Bonchev–Trinajstić information content (AvgIpc) is 2.22. The summed E-state index contributed by atoms with van der Waals surface area (Å²) in [5.41, 5.74) is 1.83. The molecular formula is C14H29N3O4. The van der Waals surface area contributed by atoms with Gasteiger partial charge in [-0.3, -0.25) is 19.8 Å². The van der Waals surface area contributed by atoms with Gasteiger partial charge in [0.2, 0.25) is 11.8 Å². The Morgan fingerprint density at radius 1 is 0.952 bits per heavy atom. The van der Waals surface area contributed by atoms with E-state index in [1.54, 1.807) is 0 Å². The van der Waals surface area contributed by atoms with Crippen molar-refractivity contribution in [3.63, 3.8) is 0 Å². The van der Waals surface area contributed by atoms with Crippen LogP contribution in [-0.2, 0) is 14.4 Å². The van der Waals surface area contributed by atoms with E-state index in [9.17, 15) is 14.4 Å². The predicted molar refractivity (Wildman–Crippen MR) is 81.2 cm³/mol. The Morgan fingerprint density at radius 2 is 1.43 bits per heavy atom. The predicted octanol–water partition coefficient (Wildman–Crippen LogP) is 1.18. The van der Waals surface area contributed by atoms with Gasteiger partial charge in [-0.15, -0.1) is 0 Å². The molecule has 7 nitrogen and oxygen atoms in total. The van der Waals surface area contributed by atoms with Crippen LogP contribution in [0.25, 0.3) is 0 Å². The van der Waals surface area contributed by atoms with Gasteiger partial charge in [0.15, 0.2) is 0 Å². The lowest BCUT2D eigenvalue weighted by Gasteiger charge is -2.20. The molecule has 0 spiro atoms. The van der Waals surface area contributed by atoms with Gasteiger partial charge in [-0.1, -0.05) is 20.8 Å². The van der Waals surface area contributed by atoms with E-state index >= 15 is 0 Å². The molecule has 0 aromatic carbocycles. The van der Waals surface area contributed by atoms with Crippen LogP contribution in [0.4, 0.5) is 0 Å². The third-order valence-corrected chi connectivity index (χ3v) is 1.93. The second-order valence-corrected chi connectivity index (χ2v) is 7.00. The van der Waals surface area contributed by atoms with Gasteiger partial charge in [0.05, 0.1) is 6.42 Å². The van der Waals surface area contributed by atoms with Crippen LogP contribution in [0.15, 0.2) is 0 Å². The molecule has 0 aliphatic heterocycles. The minimum absolute atomic E-state index is 0.0312. The Labute approximate surface area is 126 Å². The number of rotatable bonds is 4. The summed E-state index contributed by atoms with van der Waals surface area (Å²) in [5.74, 6) is 3.61. The van der Waals surface area contributed by atoms with Crippen molar-refractivity contribution in [2.24, 2.45) is 11.3 Å². The maximum Gasteiger partial charge on any atom is 0.303 e. The van der Waals surface area contributed by atoms with Crippen molar-refractivity contribution in [1.82, 2.24) is 10.7 Å². The molecule has 5 N–H and O–H groups in total. The van der Waals surface area contributed by atoms with Crippen molar-refractivity contribution in [2.45, 2.75) is 66.3 Å². The second-order valence-electron chi connectivity index (χ2n) is 7.00. The Morgan fingerprint density at radius 3 is 1.67 bits per heavy atom. The van der Waals surface area contributed by atoms with Crippen molar-refractivity contribution in [3.05, 3.63) is 0 Å². The highest BCUT2D eigenvalue weighted by Gasteiger charge is 2.14. The van der Waals surface area contributed by atoms with E-state index in [0.717, 1.165) is 0 Å². The molecule has 2 amide bonds. The van der Waals surface area contributed by atoms with Crippen molar-refractivity contribution in [3.8, 4) is 0 Å². The lowest BCUT2D eigenvalue weighted by molar-refractivity contribution is -0.139. The Kier molecular flexibility index (Phi) is 9.63. The van der Waals surface area contributed by atoms with Crippen LogP contribution >= 0.6 is 0 Å². The topological polar surface area (TPSA) is 122 Å². The summed E-state index contributed by atoms with van der Waals surface area (Å²) >= 11 is 0. The molecule has 21 heavy (non-hydrogen) atoms. The number of amides is 2. The molecule has 0 aromatic rings. The fraction of sp³-hybridized carbons (Fsp3) is 0.786. The summed E-state index contributed by atoms with van der Waals surface area (Å²) in [4.78, 5) is 31.7. The first-order valence-electron chi connectivity index (χ1n) is 6.79. The number of nitrogens with two attached hydrogens (primary N) is 1. The highest BCUT2D eigenvalue weighted by Crippen LogP contribution is 2.17. The van der Waals surface area contributed by atoms with E-state index in [1.165, 1.54) is 0 Å². The molecule has 0 bridgehead atoms. The van der Waals surface area contributed by atoms with Crippen molar-refractivity contribution in [1.29, 1.82) is 0 Å². The van der Waals surface area contributed by atoms with Gasteiger partial charge in [-0.05, 0) is 26.2 Å². The average molecular weight is 303 g/mol. The van der Waals surface area contributed by atoms with Crippen LogP contribution in [0.1, 0.15) is 60.8 Å². The van der Waals surface area contributed by atoms with Crippen molar-refractivity contribution in [2.75, 3.05) is 0 Å². The number of carbonyl (C=O) groups is 3. The minimum Gasteiger partial charge on any atom is -0.481 e. The van der Waals surface area contributed by atoms with Crippen LogP contribution in [0.2, 0.25) is 0 Å². The molecule has 7 heteroatoms. The lowest BCUT2D eigenvalue weighted by atomic mass is 9.92. The zero-order valence-electron chi connectivity index (χ0n) is 13.9. The number of hydrazine groups is 1. The highest BCUT2D eigenvalue weighted by atomic mass is 16.4. The molecule has 124 valence electrons. The summed E-state index contributed by atoms with van der Waals surface area (Å²) in [5, 5.41) is 11.0. The molecule has 0 aromatic heterocycles. The van der Waals surface area contributed by atoms with Crippen LogP contribution in [0.3, 0.4) is 0 Å². The quantitative estimate of drug-likeness (QED) is 0.353. The maximum absolute atomic E-state index is 11.0. The van der Waals surface area contributed by atoms with Gasteiger partial charge in [-0.25, -0.2) is 5.84 Å². The number of carboxylic acid groups (broad SMARTS) is 1. The number of hydrogen-bond acceptors (Lipinski definition) is 4. The molecular weight excluding hydrogens is 274 g/mol. The first-order valence-corrected chi connectivity index (χ1v) is 6.79. The Bertz CT molecular complexity index is 354. The SMILES string of the molecule is CC(C)(C)CC(=O)NN.CC(C)(C)NC(=O)CCC(=O)O. The van der Waals surface area contributed by atoms with Crippen molar-refractivity contribution >= 4 is 17.8 Å². The summed E-state index contributed by atoms with van der Waals surface area (Å²) in [7, 11) is 0. The first-order chi connectivity index (χ1) is 9.26. The molecule has 0 atom stereocenters. The standard InChI is InChI=1S/C8H15NO3.C6H14N2O/c1-8(2,3)9-6(10)4-5-7(11)12;1-6(2,3)4-5(9)8-7/h4-5H2,1-3H3,(H,9,10)(H,11,12);4,7H2,1-3H3,(H,8,9). The van der Waals surface area contributed by atoms with E-state index in [4.69, 9.17) is 10.9 Å². The summed E-state index contributed by atoms with van der Waals surface area (Å²) in [6.45, 7) is 11.5. The van der Waals surface area contributed by atoms with Crippen LogP contribution < -0.4 is 16.6 Å². The summed E-state index contributed by atoms with van der Waals surface area (Å²) in [6.07, 6.45) is 0.415. The van der Waals surface area contributed by atoms with Crippen LogP contribution in [-0.4, -0.2) is 28.4 Å². The Hall–Kier alpha value is -1.63. The molecule has 0 rings (SSSR count). The Balaban J connectivity index is 0. The molecule has 0 saturated carbocycles. The largest absolute Gasteiger partial charge is 0.481 e. The number of hydrogen-bond donors (Lipinski definition) is 4. The molecule has 0 saturated heterocycles. The van der Waals surface area contributed by atoms with Crippen LogP contribution in [0.5, 0.6) is 0 Å². The van der Waals surface area contributed by atoms with E-state index in [0.29, 0.717) is 6.42 Å². The van der Waals surface area contributed by atoms with Gasteiger partial charge in [-0.2, -0.15) is 0 Å². The molecule has 0 radical (unpaired) electrons. The van der Waals surface area contributed by atoms with Gasteiger partial charge in [0.25, 0.3) is 0 Å². The van der Waals surface area contributed by atoms with E-state index < -0.39 is 5.97 Å². The number of nitrogens with one attached hydrogen (secondary N) is 2. The molecule has 0 aliphatic carbocycles. The summed E-state index contributed by atoms with van der Waals surface area (Å²) < 4.78 is 0. The van der Waals surface area contributed by atoms with Crippen LogP contribution in [0, 0.1) is 5.41 Å². The van der Waals surface area contributed by atoms with Crippen molar-refractivity contribution < 1.29 is 19.5 Å². The molecule has 0 fully saturated rings. The first kappa shape index (κ1) is 21.7. The lowest BCUT2D eigenvalue weighted by Crippen LogP contribution is -2.40. The smallest absolute Gasteiger partial charge is 0.303 e. The fourth-order valence-electron chi connectivity index (χ4n) is 1.23. The minimum atomic E-state index is -0.945. The van der Waals surface area contributed by atoms with E-state index in [2.05, 4.69) is 10.7 Å². The molecule has 0 unspecified atom stereocenters. The third-order valence-electron chi connectivity index (χ3n) is 1.93. The fourth-order valence-corrected chi connectivity index (χ4v) is 1.23. The zero-order valence-corrected chi connectivity index (χ0v) is 13.9. The molecule has 0 heterocycles. The molecule has 0 aliphatic rings. The van der Waals surface area contributed by atoms with Gasteiger partial charge < -0.3 is 10.4 Å². The second kappa shape index (κ2) is 9.33. The normalized spacial score (nSPS) is 11.0.